The van der Waals surface area contributed by atoms with Crippen molar-refractivity contribution in [1.29, 1.82) is 0 Å². The van der Waals surface area contributed by atoms with Gasteiger partial charge in [-0.2, -0.15) is 0 Å². The quantitative estimate of drug-likeness (QED) is 0.772. The summed E-state index contributed by atoms with van der Waals surface area (Å²) in [5, 5.41) is 0. The fraction of sp³-hybridized carbons (Fsp3) is 0.267. The summed E-state index contributed by atoms with van der Waals surface area (Å²) < 4.78 is 0. The molecule has 0 aliphatic heterocycles. The molecule has 0 N–H and O–H groups in total. The van der Waals surface area contributed by atoms with Crippen molar-refractivity contribution in [3.63, 3.8) is 0 Å². The average molecular weight is 238 g/mol. The molecule has 0 radical (unpaired) electrons. The number of carbonyl (C=O) groups is 1. The van der Waals surface area contributed by atoms with Crippen LogP contribution >= 0.6 is 0 Å². The summed E-state index contributed by atoms with van der Waals surface area (Å²) in [6, 6.07) is 7.87. The lowest BCUT2D eigenvalue weighted by molar-refractivity contribution is 0.103. The van der Waals surface area contributed by atoms with E-state index in [2.05, 4.69) is 16.0 Å². The zero-order chi connectivity index (χ0) is 12.4. The van der Waals surface area contributed by atoms with Crippen LogP contribution in [0.3, 0.4) is 0 Å². The maximum atomic E-state index is 12.4. The van der Waals surface area contributed by atoms with Gasteiger partial charge in [-0.25, -0.2) is 4.98 Å². The Morgan fingerprint density at radius 3 is 2.67 bits per heavy atom. The molecule has 1 fully saturated rings. The predicted octanol–water partition coefficient (Wildman–Crippen LogP) is 2.98. The minimum Gasteiger partial charge on any atom is -0.287 e. The van der Waals surface area contributed by atoms with Crippen molar-refractivity contribution in [2.24, 2.45) is 0 Å². The lowest BCUT2D eigenvalue weighted by atomic mass is 9.77. The molecule has 2 aromatic rings. The summed E-state index contributed by atoms with van der Waals surface area (Å²) >= 11 is 0. The highest BCUT2D eigenvalue weighted by Gasteiger charge is 2.24. The van der Waals surface area contributed by atoms with Gasteiger partial charge in [0.1, 0.15) is 5.69 Å². The maximum Gasteiger partial charge on any atom is 0.213 e. The number of benzene rings is 1. The molecule has 0 spiro atoms. The third-order valence-corrected chi connectivity index (χ3v) is 3.55. The first-order valence-corrected chi connectivity index (χ1v) is 6.26. The highest BCUT2D eigenvalue weighted by molar-refractivity contribution is 6.08. The number of aromatic nitrogens is 2. The van der Waals surface area contributed by atoms with E-state index in [9.17, 15) is 4.79 Å². The van der Waals surface area contributed by atoms with Gasteiger partial charge in [0.2, 0.25) is 5.78 Å². The van der Waals surface area contributed by atoms with Crippen molar-refractivity contribution in [2.75, 3.05) is 0 Å². The molecular formula is C15H14N2O. The first kappa shape index (κ1) is 11.1. The van der Waals surface area contributed by atoms with E-state index in [1.807, 2.05) is 18.2 Å². The molecule has 0 saturated heterocycles. The summed E-state index contributed by atoms with van der Waals surface area (Å²) in [7, 11) is 0. The number of hydrogen-bond acceptors (Lipinski definition) is 3. The number of rotatable bonds is 3. The Labute approximate surface area is 106 Å². The van der Waals surface area contributed by atoms with Crippen LogP contribution in [0, 0.1) is 0 Å². The van der Waals surface area contributed by atoms with Gasteiger partial charge in [-0.05, 0) is 24.3 Å². The molecule has 3 nitrogen and oxygen atoms in total. The van der Waals surface area contributed by atoms with Crippen molar-refractivity contribution < 1.29 is 4.79 Å². The van der Waals surface area contributed by atoms with E-state index in [-0.39, 0.29) is 5.78 Å². The number of ketones is 1. The molecule has 1 heterocycles. The van der Waals surface area contributed by atoms with Crippen molar-refractivity contribution >= 4 is 5.78 Å². The Bertz CT molecular complexity index is 562. The minimum absolute atomic E-state index is 0.0226. The summed E-state index contributed by atoms with van der Waals surface area (Å²) in [6.07, 6.45) is 8.29. The third kappa shape index (κ3) is 1.92. The fourth-order valence-electron chi connectivity index (χ4n) is 2.33. The fourth-order valence-corrected chi connectivity index (χ4v) is 2.33. The van der Waals surface area contributed by atoms with E-state index in [1.165, 1.54) is 31.0 Å². The van der Waals surface area contributed by atoms with Crippen molar-refractivity contribution in [3.05, 3.63) is 59.7 Å². The highest BCUT2D eigenvalue weighted by atomic mass is 16.1. The zero-order valence-corrected chi connectivity index (χ0v) is 10.0. The molecule has 1 saturated carbocycles. The second kappa shape index (κ2) is 4.69. The largest absolute Gasteiger partial charge is 0.287 e. The van der Waals surface area contributed by atoms with Gasteiger partial charge in [-0.3, -0.25) is 9.78 Å². The predicted molar refractivity (Wildman–Crippen MR) is 68.5 cm³/mol. The van der Waals surface area contributed by atoms with Gasteiger partial charge in [0.25, 0.3) is 0 Å². The zero-order valence-electron chi connectivity index (χ0n) is 10.0. The van der Waals surface area contributed by atoms with Gasteiger partial charge >= 0.3 is 0 Å². The Morgan fingerprint density at radius 2 is 2.00 bits per heavy atom. The topological polar surface area (TPSA) is 42.9 Å². The molecule has 90 valence electrons. The molecule has 1 aliphatic carbocycles. The van der Waals surface area contributed by atoms with Crippen molar-refractivity contribution in [1.82, 2.24) is 9.97 Å². The number of nitrogens with zero attached hydrogens (tertiary/aromatic N) is 2. The standard InChI is InChI=1S/C15H14N2O/c18-15(14-10-16-8-9-17-14)13-7-2-1-6-12(13)11-4-3-5-11/h1-2,6-11H,3-5H2. The molecule has 3 rings (SSSR count). The van der Waals surface area contributed by atoms with Crippen LogP contribution < -0.4 is 0 Å². The lowest BCUT2D eigenvalue weighted by Crippen LogP contribution is -2.15. The van der Waals surface area contributed by atoms with Crippen LogP contribution in [0.25, 0.3) is 0 Å². The molecule has 0 amide bonds. The Morgan fingerprint density at radius 1 is 1.17 bits per heavy atom. The maximum absolute atomic E-state index is 12.4. The smallest absolute Gasteiger partial charge is 0.213 e. The van der Waals surface area contributed by atoms with Crippen LogP contribution in [0.5, 0.6) is 0 Å². The lowest BCUT2D eigenvalue weighted by Gasteiger charge is -2.27. The van der Waals surface area contributed by atoms with E-state index in [1.54, 1.807) is 12.4 Å². The SMILES string of the molecule is O=C(c1cnccn1)c1ccccc1C1CCC1. The average Bonchev–Trinajstić information content (AvgIpc) is 2.38. The molecule has 1 aromatic heterocycles. The summed E-state index contributed by atoms with van der Waals surface area (Å²) in [5.74, 6) is 0.521. The molecule has 1 aromatic carbocycles. The Hall–Kier alpha value is -2.03. The van der Waals surface area contributed by atoms with Crippen LogP contribution in [-0.4, -0.2) is 15.8 Å². The van der Waals surface area contributed by atoms with E-state index in [4.69, 9.17) is 0 Å². The van der Waals surface area contributed by atoms with Gasteiger partial charge in [-0.15, -0.1) is 0 Å². The molecule has 18 heavy (non-hydrogen) atoms. The van der Waals surface area contributed by atoms with Gasteiger partial charge in [-0.1, -0.05) is 30.7 Å². The monoisotopic (exact) mass is 238 g/mol. The first-order chi connectivity index (χ1) is 8.86. The van der Waals surface area contributed by atoms with Crippen molar-refractivity contribution in [3.8, 4) is 0 Å². The number of carbonyl (C=O) groups excluding carboxylic acids is 1. The normalized spacial score (nSPS) is 15.1. The third-order valence-electron chi connectivity index (χ3n) is 3.55. The minimum atomic E-state index is -0.0226. The van der Waals surface area contributed by atoms with Crippen LogP contribution in [0.15, 0.2) is 42.9 Å². The molecule has 3 heteroatoms. The van der Waals surface area contributed by atoms with E-state index in [0.29, 0.717) is 11.6 Å². The van der Waals surface area contributed by atoms with Crippen LogP contribution in [-0.2, 0) is 0 Å². The van der Waals surface area contributed by atoms with Gasteiger partial charge in [0.15, 0.2) is 0 Å². The molecule has 0 unspecified atom stereocenters. The van der Waals surface area contributed by atoms with E-state index >= 15 is 0 Å². The Balaban J connectivity index is 1.99. The van der Waals surface area contributed by atoms with Gasteiger partial charge < -0.3 is 0 Å². The summed E-state index contributed by atoms with van der Waals surface area (Å²) in [5.41, 5.74) is 2.37. The van der Waals surface area contributed by atoms with Gasteiger partial charge in [0.05, 0.1) is 6.20 Å². The Kier molecular flexibility index (Phi) is 2.89. The summed E-state index contributed by atoms with van der Waals surface area (Å²) in [6.45, 7) is 0. The first-order valence-electron chi connectivity index (χ1n) is 6.26. The molecule has 0 atom stereocenters. The van der Waals surface area contributed by atoms with Crippen LogP contribution in [0.2, 0.25) is 0 Å². The van der Waals surface area contributed by atoms with Gasteiger partial charge in [0, 0.05) is 18.0 Å². The molecule has 0 bridgehead atoms. The second-order valence-corrected chi connectivity index (χ2v) is 4.63. The second-order valence-electron chi connectivity index (χ2n) is 4.63. The highest BCUT2D eigenvalue weighted by Crippen LogP contribution is 2.38. The summed E-state index contributed by atoms with van der Waals surface area (Å²) in [4.78, 5) is 20.5. The van der Waals surface area contributed by atoms with Crippen LogP contribution in [0.4, 0.5) is 0 Å². The molecule has 1 aliphatic rings. The van der Waals surface area contributed by atoms with E-state index in [0.717, 1.165) is 5.56 Å². The van der Waals surface area contributed by atoms with Crippen molar-refractivity contribution in [2.45, 2.75) is 25.2 Å². The van der Waals surface area contributed by atoms with Crippen LogP contribution in [0.1, 0.15) is 46.8 Å². The van der Waals surface area contributed by atoms with E-state index < -0.39 is 0 Å². The number of hydrogen-bond donors (Lipinski definition) is 0. The molecular weight excluding hydrogens is 224 g/mol.